The molecule has 0 radical (unpaired) electrons. The zero-order chi connectivity index (χ0) is 16.8. The molecule has 0 saturated carbocycles. The van der Waals surface area contributed by atoms with Gasteiger partial charge in [-0.25, -0.2) is 0 Å². The van der Waals surface area contributed by atoms with Gasteiger partial charge in [-0.1, -0.05) is 19.1 Å². The van der Waals surface area contributed by atoms with Crippen molar-refractivity contribution in [1.82, 2.24) is 4.90 Å². The molecular weight excluding hydrogens is 290 g/mol. The number of amides is 1. The van der Waals surface area contributed by atoms with Crippen molar-refractivity contribution in [3.63, 3.8) is 0 Å². The number of aliphatic hydroxyl groups is 1. The highest BCUT2D eigenvalue weighted by atomic mass is 16.5. The molecule has 1 saturated heterocycles. The number of methoxy groups -OCH3 is 1. The van der Waals surface area contributed by atoms with Crippen molar-refractivity contribution in [3.05, 3.63) is 29.8 Å². The minimum absolute atomic E-state index is 0.205. The zero-order valence-electron chi connectivity index (χ0n) is 14.5. The zero-order valence-corrected chi connectivity index (χ0v) is 14.5. The molecule has 1 fully saturated rings. The highest BCUT2D eigenvalue weighted by molar-refractivity contribution is 5.77. The first kappa shape index (κ1) is 17.8. The quantitative estimate of drug-likeness (QED) is 0.838. The van der Waals surface area contributed by atoms with Crippen LogP contribution < -0.4 is 4.74 Å². The van der Waals surface area contributed by atoms with Gasteiger partial charge in [0.25, 0.3) is 0 Å². The number of hydrogen-bond donors (Lipinski definition) is 1. The van der Waals surface area contributed by atoms with E-state index in [1.165, 1.54) is 5.56 Å². The van der Waals surface area contributed by atoms with Crippen LogP contribution in [0.3, 0.4) is 0 Å². The molecule has 23 heavy (non-hydrogen) atoms. The molecule has 1 amide bonds. The van der Waals surface area contributed by atoms with Crippen molar-refractivity contribution < 1.29 is 14.6 Å². The molecule has 2 rings (SSSR count). The van der Waals surface area contributed by atoms with Crippen LogP contribution >= 0.6 is 0 Å². The van der Waals surface area contributed by atoms with E-state index >= 15 is 0 Å². The number of carbonyl (C=O) groups is 1. The average molecular weight is 319 g/mol. The molecule has 1 aliphatic rings. The smallest absolute Gasteiger partial charge is 0.223 e. The number of hydrogen-bond acceptors (Lipinski definition) is 3. The summed E-state index contributed by atoms with van der Waals surface area (Å²) in [5, 5.41) is 9.62. The van der Waals surface area contributed by atoms with Crippen LogP contribution in [0.2, 0.25) is 0 Å². The summed E-state index contributed by atoms with van der Waals surface area (Å²) >= 11 is 0. The molecular formula is C19H29NO3. The second-order valence-electron chi connectivity index (χ2n) is 6.55. The number of carbonyl (C=O) groups excluding carboxylic acids is 1. The van der Waals surface area contributed by atoms with Gasteiger partial charge in [-0.2, -0.15) is 0 Å². The normalized spacial score (nSPS) is 20.3. The van der Waals surface area contributed by atoms with E-state index in [1.807, 2.05) is 17.0 Å². The molecule has 1 aliphatic heterocycles. The SMILES string of the molecule is CCC(CC(=O)N1CCCC1CC(C)O)c1ccc(OC)cc1. The Morgan fingerprint density at radius 2 is 2.09 bits per heavy atom. The number of rotatable bonds is 7. The molecule has 1 aromatic rings. The van der Waals surface area contributed by atoms with E-state index in [2.05, 4.69) is 19.1 Å². The molecule has 0 aliphatic carbocycles. The fourth-order valence-electron chi connectivity index (χ4n) is 3.50. The van der Waals surface area contributed by atoms with E-state index < -0.39 is 0 Å². The van der Waals surface area contributed by atoms with Gasteiger partial charge >= 0.3 is 0 Å². The van der Waals surface area contributed by atoms with Gasteiger partial charge in [0, 0.05) is 19.0 Å². The first-order valence-electron chi connectivity index (χ1n) is 8.66. The lowest BCUT2D eigenvalue weighted by atomic mass is 9.92. The maximum absolute atomic E-state index is 12.7. The van der Waals surface area contributed by atoms with Gasteiger partial charge in [0.05, 0.1) is 13.2 Å². The Labute approximate surface area is 139 Å². The number of nitrogens with zero attached hydrogens (tertiary/aromatic N) is 1. The summed E-state index contributed by atoms with van der Waals surface area (Å²) in [6, 6.07) is 8.22. The second-order valence-corrected chi connectivity index (χ2v) is 6.55. The predicted octanol–water partition coefficient (Wildman–Crippen LogP) is 3.34. The molecule has 0 spiro atoms. The number of aliphatic hydroxyl groups excluding tert-OH is 1. The lowest BCUT2D eigenvalue weighted by Gasteiger charge is -2.27. The maximum Gasteiger partial charge on any atom is 0.223 e. The van der Waals surface area contributed by atoms with Crippen LogP contribution in [0.5, 0.6) is 5.75 Å². The van der Waals surface area contributed by atoms with Crippen LogP contribution in [0, 0.1) is 0 Å². The Morgan fingerprint density at radius 1 is 1.39 bits per heavy atom. The standard InChI is InChI=1S/C19H29NO3/c1-4-15(16-7-9-18(23-3)10-8-16)13-19(22)20-11-5-6-17(20)12-14(2)21/h7-10,14-15,17,21H,4-6,11-13H2,1-3H3. The van der Waals surface area contributed by atoms with Crippen LogP contribution in [0.4, 0.5) is 0 Å². The largest absolute Gasteiger partial charge is 0.497 e. The molecule has 3 unspecified atom stereocenters. The number of ether oxygens (including phenoxy) is 1. The summed E-state index contributed by atoms with van der Waals surface area (Å²) in [6.45, 7) is 4.75. The van der Waals surface area contributed by atoms with Crippen molar-refractivity contribution in [2.45, 2.75) is 64.0 Å². The summed E-state index contributed by atoms with van der Waals surface area (Å²) in [7, 11) is 1.66. The van der Waals surface area contributed by atoms with Gasteiger partial charge in [-0.05, 0) is 56.2 Å². The van der Waals surface area contributed by atoms with Crippen LogP contribution in [0.25, 0.3) is 0 Å². The first-order chi connectivity index (χ1) is 11.0. The highest BCUT2D eigenvalue weighted by Gasteiger charge is 2.30. The Balaban J connectivity index is 2.01. The van der Waals surface area contributed by atoms with E-state index in [4.69, 9.17) is 4.74 Å². The fraction of sp³-hybridized carbons (Fsp3) is 0.632. The maximum atomic E-state index is 12.7. The molecule has 0 aromatic heterocycles. The lowest BCUT2D eigenvalue weighted by molar-refractivity contribution is -0.132. The van der Waals surface area contributed by atoms with E-state index in [1.54, 1.807) is 14.0 Å². The van der Waals surface area contributed by atoms with Crippen LogP contribution in [0.1, 0.15) is 57.4 Å². The van der Waals surface area contributed by atoms with Crippen molar-refractivity contribution in [3.8, 4) is 5.75 Å². The molecule has 1 aromatic carbocycles. The first-order valence-corrected chi connectivity index (χ1v) is 8.66. The topological polar surface area (TPSA) is 49.8 Å². The van der Waals surface area contributed by atoms with Gasteiger partial charge in [-0.3, -0.25) is 4.79 Å². The molecule has 1 heterocycles. The summed E-state index contributed by atoms with van der Waals surface area (Å²) < 4.78 is 5.20. The number of likely N-dealkylation sites (tertiary alicyclic amines) is 1. The van der Waals surface area contributed by atoms with Crippen LogP contribution in [-0.2, 0) is 4.79 Å². The average Bonchev–Trinajstić information content (AvgIpc) is 3.00. The van der Waals surface area contributed by atoms with Crippen LogP contribution in [0.15, 0.2) is 24.3 Å². The van der Waals surface area contributed by atoms with Crippen molar-refractivity contribution >= 4 is 5.91 Å². The van der Waals surface area contributed by atoms with E-state index in [-0.39, 0.29) is 24.0 Å². The van der Waals surface area contributed by atoms with Crippen molar-refractivity contribution in [2.75, 3.05) is 13.7 Å². The monoisotopic (exact) mass is 319 g/mol. The third-order valence-corrected chi connectivity index (χ3v) is 4.81. The van der Waals surface area contributed by atoms with Gasteiger partial charge in [0.2, 0.25) is 5.91 Å². The predicted molar refractivity (Wildman–Crippen MR) is 91.7 cm³/mol. The Kier molecular flexibility index (Phi) is 6.46. The third-order valence-electron chi connectivity index (χ3n) is 4.81. The van der Waals surface area contributed by atoms with Gasteiger partial charge < -0.3 is 14.7 Å². The minimum Gasteiger partial charge on any atom is -0.497 e. The summed E-state index contributed by atoms with van der Waals surface area (Å²) in [6.07, 6.45) is 3.87. The molecule has 1 N–H and O–H groups in total. The Morgan fingerprint density at radius 3 is 2.65 bits per heavy atom. The van der Waals surface area contributed by atoms with Gasteiger partial charge in [0.1, 0.15) is 5.75 Å². The molecule has 4 heteroatoms. The highest BCUT2D eigenvalue weighted by Crippen LogP contribution is 2.29. The van der Waals surface area contributed by atoms with E-state index in [9.17, 15) is 9.90 Å². The van der Waals surface area contributed by atoms with Crippen molar-refractivity contribution in [1.29, 1.82) is 0 Å². The van der Waals surface area contributed by atoms with E-state index in [0.29, 0.717) is 12.8 Å². The third kappa shape index (κ3) is 4.71. The number of benzene rings is 1. The molecule has 0 bridgehead atoms. The van der Waals surface area contributed by atoms with E-state index in [0.717, 1.165) is 31.6 Å². The summed E-state index contributed by atoms with van der Waals surface area (Å²) in [5.74, 6) is 1.29. The van der Waals surface area contributed by atoms with Crippen molar-refractivity contribution in [2.24, 2.45) is 0 Å². The summed E-state index contributed by atoms with van der Waals surface area (Å²) in [4.78, 5) is 14.7. The fourth-order valence-corrected chi connectivity index (χ4v) is 3.50. The Hall–Kier alpha value is -1.55. The second kappa shape index (κ2) is 8.34. The summed E-state index contributed by atoms with van der Waals surface area (Å²) in [5.41, 5.74) is 1.19. The molecule has 4 nitrogen and oxygen atoms in total. The minimum atomic E-state index is -0.350. The molecule has 3 atom stereocenters. The van der Waals surface area contributed by atoms with Gasteiger partial charge in [0.15, 0.2) is 0 Å². The van der Waals surface area contributed by atoms with Crippen LogP contribution in [-0.4, -0.2) is 41.7 Å². The van der Waals surface area contributed by atoms with Gasteiger partial charge in [-0.15, -0.1) is 0 Å². The lowest BCUT2D eigenvalue weighted by Crippen LogP contribution is -2.37. The molecule has 128 valence electrons. The Bertz CT molecular complexity index is 498.